The zero-order valence-electron chi connectivity index (χ0n) is 12.2. The van der Waals surface area contributed by atoms with E-state index in [-0.39, 0.29) is 11.5 Å². The fourth-order valence-corrected chi connectivity index (χ4v) is 4.36. The van der Waals surface area contributed by atoms with Crippen LogP contribution in [0.15, 0.2) is 24.3 Å². The monoisotopic (exact) mass is 259 g/mol. The molecule has 1 heterocycles. The summed E-state index contributed by atoms with van der Waals surface area (Å²) in [4.78, 5) is 0. The third-order valence-electron chi connectivity index (χ3n) is 5.08. The number of hydrogen-bond acceptors (Lipinski definition) is 2. The van der Waals surface area contributed by atoms with Crippen molar-refractivity contribution in [1.29, 1.82) is 0 Å². The Balaban J connectivity index is 2.00. The molecule has 0 radical (unpaired) electrons. The molecule has 0 spiro atoms. The molecule has 3 rings (SSSR count). The summed E-state index contributed by atoms with van der Waals surface area (Å²) in [6.07, 6.45) is 3.05. The molecule has 3 atom stereocenters. The SMILES string of the molecule is CC1CC(C)(C)CC1(O)C1NCCc2ccccc21. The molecule has 0 amide bonds. The van der Waals surface area contributed by atoms with Gasteiger partial charge in [-0.2, -0.15) is 0 Å². The molecule has 2 nitrogen and oxygen atoms in total. The van der Waals surface area contributed by atoms with Gasteiger partial charge in [0.2, 0.25) is 0 Å². The van der Waals surface area contributed by atoms with Crippen LogP contribution in [-0.2, 0) is 6.42 Å². The van der Waals surface area contributed by atoms with Crippen LogP contribution in [0.5, 0.6) is 0 Å². The molecule has 0 aromatic heterocycles. The van der Waals surface area contributed by atoms with Crippen molar-refractivity contribution >= 4 is 0 Å². The molecule has 1 fully saturated rings. The van der Waals surface area contributed by atoms with E-state index in [1.54, 1.807) is 0 Å². The summed E-state index contributed by atoms with van der Waals surface area (Å²) in [5.41, 5.74) is 2.33. The van der Waals surface area contributed by atoms with Gasteiger partial charge >= 0.3 is 0 Å². The molecule has 1 aliphatic carbocycles. The van der Waals surface area contributed by atoms with E-state index in [1.807, 2.05) is 0 Å². The van der Waals surface area contributed by atoms with Crippen LogP contribution in [0.25, 0.3) is 0 Å². The van der Waals surface area contributed by atoms with Crippen LogP contribution in [0.4, 0.5) is 0 Å². The zero-order valence-corrected chi connectivity index (χ0v) is 12.2. The Morgan fingerprint density at radius 3 is 2.68 bits per heavy atom. The highest BCUT2D eigenvalue weighted by Gasteiger charge is 2.52. The number of benzene rings is 1. The maximum absolute atomic E-state index is 11.3. The van der Waals surface area contributed by atoms with Crippen molar-refractivity contribution in [2.45, 2.75) is 51.7 Å². The second kappa shape index (κ2) is 4.32. The number of aliphatic hydroxyl groups is 1. The number of rotatable bonds is 1. The van der Waals surface area contributed by atoms with Gasteiger partial charge in [0.25, 0.3) is 0 Å². The van der Waals surface area contributed by atoms with Crippen LogP contribution in [-0.4, -0.2) is 17.3 Å². The summed E-state index contributed by atoms with van der Waals surface area (Å²) in [6, 6.07) is 8.67. The molecule has 2 N–H and O–H groups in total. The minimum Gasteiger partial charge on any atom is -0.388 e. The molecule has 1 aliphatic heterocycles. The number of hydrogen-bond donors (Lipinski definition) is 2. The first-order valence-corrected chi connectivity index (χ1v) is 7.46. The highest BCUT2D eigenvalue weighted by atomic mass is 16.3. The smallest absolute Gasteiger partial charge is 0.0872 e. The van der Waals surface area contributed by atoms with Crippen molar-refractivity contribution in [3.05, 3.63) is 35.4 Å². The fourth-order valence-electron chi connectivity index (χ4n) is 4.36. The Kier molecular flexibility index (Phi) is 2.99. The molecule has 1 aromatic carbocycles. The van der Waals surface area contributed by atoms with E-state index in [2.05, 4.69) is 50.4 Å². The van der Waals surface area contributed by atoms with Gasteiger partial charge in [-0.25, -0.2) is 0 Å². The summed E-state index contributed by atoms with van der Waals surface area (Å²) in [5.74, 6) is 0.339. The predicted octanol–water partition coefficient (Wildman–Crippen LogP) is 3.06. The maximum Gasteiger partial charge on any atom is 0.0872 e. The topological polar surface area (TPSA) is 32.3 Å². The first kappa shape index (κ1) is 13.1. The van der Waals surface area contributed by atoms with Crippen molar-refractivity contribution in [1.82, 2.24) is 5.32 Å². The Morgan fingerprint density at radius 1 is 1.26 bits per heavy atom. The molecular formula is C17H25NO. The zero-order chi connectivity index (χ0) is 13.7. The van der Waals surface area contributed by atoms with Crippen molar-refractivity contribution in [3.8, 4) is 0 Å². The largest absolute Gasteiger partial charge is 0.388 e. The summed E-state index contributed by atoms with van der Waals surface area (Å²) >= 11 is 0. The Hall–Kier alpha value is -0.860. The van der Waals surface area contributed by atoms with Crippen LogP contribution in [0, 0.1) is 11.3 Å². The third kappa shape index (κ3) is 2.11. The highest BCUT2D eigenvalue weighted by Crippen LogP contribution is 2.53. The number of fused-ring (bicyclic) bond motifs is 1. The summed E-state index contributed by atoms with van der Waals surface area (Å²) in [7, 11) is 0. The van der Waals surface area contributed by atoms with E-state index in [4.69, 9.17) is 0 Å². The van der Waals surface area contributed by atoms with Crippen molar-refractivity contribution in [2.75, 3.05) is 6.54 Å². The van der Waals surface area contributed by atoms with Crippen LogP contribution < -0.4 is 5.32 Å². The lowest BCUT2D eigenvalue weighted by atomic mass is 9.77. The van der Waals surface area contributed by atoms with Crippen LogP contribution in [0.2, 0.25) is 0 Å². The minimum absolute atomic E-state index is 0.0919. The summed E-state index contributed by atoms with van der Waals surface area (Å²) in [6.45, 7) is 7.72. The molecule has 2 heteroatoms. The van der Waals surface area contributed by atoms with E-state index in [0.717, 1.165) is 25.8 Å². The van der Waals surface area contributed by atoms with Gasteiger partial charge in [-0.05, 0) is 48.3 Å². The molecule has 2 aliphatic rings. The van der Waals surface area contributed by atoms with Crippen molar-refractivity contribution in [2.24, 2.45) is 11.3 Å². The molecule has 1 aromatic rings. The van der Waals surface area contributed by atoms with E-state index in [0.29, 0.717) is 5.92 Å². The van der Waals surface area contributed by atoms with Crippen molar-refractivity contribution in [3.63, 3.8) is 0 Å². The quantitative estimate of drug-likeness (QED) is 0.812. The first-order chi connectivity index (χ1) is 8.92. The molecule has 19 heavy (non-hydrogen) atoms. The lowest BCUT2D eigenvalue weighted by Gasteiger charge is -2.41. The van der Waals surface area contributed by atoms with E-state index in [9.17, 15) is 5.11 Å². The lowest BCUT2D eigenvalue weighted by Crippen LogP contribution is -2.49. The maximum atomic E-state index is 11.3. The highest BCUT2D eigenvalue weighted by molar-refractivity contribution is 5.35. The third-order valence-corrected chi connectivity index (χ3v) is 5.08. The normalized spacial score (nSPS) is 37.1. The molecular weight excluding hydrogens is 234 g/mol. The van der Waals surface area contributed by atoms with Crippen LogP contribution >= 0.6 is 0 Å². The second-order valence-corrected chi connectivity index (χ2v) is 7.27. The van der Waals surface area contributed by atoms with E-state index >= 15 is 0 Å². The lowest BCUT2D eigenvalue weighted by molar-refractivity contribution is -0.0345. The van der Waals surface area contributed by atoms with E-state index in [1.165, 1.54) is 11.1 Å². The molecule has 3 unspecified atom stereocenters. The molecule has 0 bridgehead atoms. The Morgan fingerprint density at radius 2 is 2.00 bits per heavy atom. The van der Waals surface area contributed by atoms with Gasteiger partial charge in [0.15, 0.2) is 0 Å². The minimum atomic E-state index is -0.611. The molecule has 1 saturated carbocycles. The molecule has 104 valence electrons. The van der Waals surface area contributed by atoms with Crippen molar-refractivity contribution < 1.29 is 5.11 Å². The van der Waals surface area contributed by atoms with Gasteiger partial charge in [0.1, 0.15) is 0 Å². The van der Waals surface area contributed by atoms with Gasteiger partial charge in [-0.15, -0.1) is 0 Å². The second-order valence-electron chi connectivity index (χ2n) is 7.27. The van der Waals surface area contributed by atoms with Gasteiger partial charge in [0, 0.05) is 0 Å². The van der Waals surface area contributed by atoms with Gasteiger partial charge in [-0.1, -0.05) is 45.0 Å². The Labute approximate surface area is 116 Å². The Bertz CT molecular complexity index is 482. The van der Waals surface area contributed by atoms with E-state index < -0.39 is 5.60 Å². The van der Waals surface area contributed by atoms with Gasteiger partial charge in [-0.3, -0.25) is 0 Å². The standard InChI is InChI=1S/C17H25NO/c1-12-10-16(2,3)11-17(12,19)15-14-7-5-4-6-13(14)8-9-18-15/h4-7,12,15,18-19H,8-11H2,1-3H3. The van der Waals surface area contributed by atoms with Gasteiger partial charge in [0.05, 0.1) is 11.6 Å². The number of nitrogens with one attached hydrogen (secondary N) is 1. The van der Waals surface area contributed by atoms with Crippen LogP contribution in [0.1, 0.15) is 50.8 Å². The fraction of sp³-hybridized carbons (Fsp3) is 0.647. The summed E-state index contributed by atoms with van der Waals surface area (Å²) in [5, 5.41) is 14.9. The predicted molar refractivity (Wildman–Crippen MR) is 78.0 cm³/mol. The average Bonchev–Trinajstić information content (AvgIpc) is 2.58. The van der Waals surface area contributed by atoms with Crippen LogP contribution in [0.3, 0.4) is 0 Å². The van der Waals surface area contributed by atoms with Gasteiger partial charge < -0.3 is 10.4 Å². The average molecular weight is 259 g/mol. The first-order valence-electron chi connectivity index (χ1n) is 7.46. The summed E-state index contributed by atoms with van der Waals surface area (Å²) < 4.78 is 0. The molecule has 0 saturated heterocycles.